The van der Waals surface area contributed by atoms with Gasteiger partial charge in [-0.3, -0.25) is 9.10 Å². The average Bonchev–Trinajstić information content (AvgIpc) is 2.84. The van der Waals surface area contributed by atoms with Crippen LogP contribution in [0.3, 0.4) is 0 Å². The zero-order chi connectivity index (χ0) is 24.3. The molecule has 1 heterocycles. The van der Waals surface area contributed by atoms with E-state index in [4.69, 9.17) is 9.47 Å². The number of benzene rings is 3. The van der Waals surface area contributed by atoms with Crippen LogP contribution in [0.2, 0.25) is 0 Å². The minimum atomic E-state index is -3.89. The van der Waals surface area contributed by atoms with E-state index in [1.807, 2.05) is 45.0 Å². The number of nitrogens with zero attached hydrogens (tertiary/aromatic N) is 1. The third-order valence-corrected chi connectivity index (χ3v) is 7.48. The molecular formula is C26H28N2O5S. The number of para-hydroxylation sites is 2. The number of hydrogen-bond acceptors (Lipinski definition) is 5. The molecule has 0 saturated heterocycles. The van der Waals surface area contributed by atoms with Crippen molar-refractivity contribution >= 4 is 21.6 Å². The molecule has 0 unspecified atom stereocenters. The Labute approximate surface area is 200 Å². The highest BCUT2D eigenvalue weighted by Crippen LogP contribution is 2.37. The van der Waals surface area contributed by atoms with Gasteiger partial charge in [0.15, 0.2) is 6.10 Å². The first-order valence-electron chi connectivity index (χ1n) is 11.2. The van der Waals surface area contributed by atoms with Crippen molar-refractivity contribution in [2.45, 2.75) is 37.8 Å². The van der Waals surface area contributed by atoms with Crippen LogP contribution in [0.15, 0.2) is 77.7 Å². The number of ether oxygens (including phenoxy) is 2. The van der Waals surface area contributed by atoms with Crippen molar-refractivity contribution in [3.63, 3.8) is 0 Å². The summed E-state index contributed by atoms with van der Waals surface area (Å²) >= 11 is 0. The van der Waals surface area contributed by atoms with Crippen LogP contribution in [0, 0.1) is 6.92 Å². The van der Waals surface area contributed by atoms with Gasteiger partial charge < -0.3 is 14.8 Å². The highest BCUT2D eigenvalue weighted by atomic mass is 32.2. The molecule has 1 amide bonds. The molecule has 0 aromatic heterocycles. The summed E-state index contributed by atoms with van der Waals surface area (Å²) in [4.78, 5) is 13.3. The van der Waals surface area contributed by atoms with E-state index >= 15 is 0 Å². The zero-order valence-electron chi connectivity index (χ0n) is 19.4. The Morgan fingerprint density at radius 1 is 1.09 bits per heavy atom. The maximum absolute atomic E-state index is 13.5. The van der Waals surface area contributed by atoms with E-state index in [1.54, 1.807) is 48.5 Å². The number of anilines is 1. The second-order valence-electron chi connectivity index (χ2n) is 8.16. The number of amides is 1. The Morgan fingerprint density at radius 2 is 1.76 bits per heavy atom. The number of carbonyl (C=O) groups is 1. The number of aryl methyl sites for hydroxylation is 1. The Balaban J connectivity index is 1.56. The van der Waals surface area contributed by atoms with Gasteiger partial charge in [-0.2, -0.15) is 0 Å². The van der Waals surface area contributed by atoms with Crippen molar-refractivity contribution in [2.75, 3.05) is 17.5 Å². The second-order valence-corrected chi connectivity index (χ2v) is 10.0. The van der Waals surface area contributed by atoms with E-state index in [0.717, 1.165) is 16.9 Å². The molecule has 0 aliphatic carbocycles. The number of rotatable bonds is 7. The molecule has 34 heavy (non-hydrogen) atoms. The molecule has 0 radical (unpaired) electrons. The van der Waals surface area contributed by atoms with Crippen LogP contribution in [0.4, 0.5) is 5.69 Å². The van der Waals surface area contributed by atoms with Gasteiger partial charge in [0.25, 0.3) is 15.9 Å². The summed E-state index contributed by atoms with van der Waals surface area (Å²) in [5, 5.41) is 2.94. The first-order chi connectivity index (χ1) is 16.3. The lowest BCUT2D eigenvalue weighted by Gasteiger charge is -2.35. The molecule has 8 heteroatoms. The molecule has 178 valence electrons. The molecule has 4 rings (SSSR count). The fraction of sp³-hybridized carbons (Fsp3) is 0.269. The van der Waals surface area contributed by atoms with Crippen LogP contribution in [0.25, 0.3) is 0 Å². The summed E-state index contributed by atoms with van der Waals surface area (Å²) in [6.07, 6.45) is -1.000. The highest BCUT2D eigenvalue weighted by Gasteiger charge is 2.37. The molecule has 0 saturated carbocycles. The van der Waals surface area contributed by atoms with Crippen molar-refractivity contribution in [1.29, 1.82) is 0 Å². The molecule has 1 aliphatic heterocycles. The third-order valence-electron chi connectivity index (χ3n) is 5.69. The number of sulfonamides is 1. The minimum Gasteiger partial charge on any atom is -0.494 e. The normalized spacial score (nSPS) is 16.2. The summed E-state index contributed by atoms with van der Waals surface area (Å²) in [6, 6.07) is 20.7. The maximum atomic E-state index is 13.5. The van der Waals surface area contributed by atoms with Crippen LogP contribution >= 0.6 is 0 Å². The Hall–Kier alpha value is -3.52. The van der Waals surface area contributed by atoms with Gasteiger partial charge >= 0.3 is 0 Å². The Kier molecular flexibility index (Phi) is 6.79. The summed E-state index contributed by atoms with van der Waals surface area (Å²) in [6.45, 7) is 6.13. The molecule has 0 spiro atoms. The first-order valence-corrected chi connectivity index (χ1v) is 12.6. The highest BCUT2D eigenvalue weighted by molar-refractivity contribution is 7.92. The topological polar surface area (TPSA) is 84.9 Å². The number of carbonyl (C=O) groups excluding carboxylic acids is 1. The third kappa shape index (κ3) is 4.87. The van der Waals surface area contributed by atoms with Gasteiger partial charge in [-0.1, -0.05) is 42.0 Å². The smallest absolute Gasteiger partial charge is 0.264 e. The lowest BCUT2D eigenvalue weighted by Crippen LogP contribution is -2.51. The minimum absolute atomic E-state index is 0.130. The van der Waals surface area contributed by atoms with E-state index < -0.39 is 16.1 Å². The predicted molar refractivity (Wildman–Crippen MR) is 131 cm³/mol. The zero-order valence-corrected chi connectivity index (χ0v) is 20.2. The van der Waals surface area contributed by atoms with E-state index in [1.165, 1.54) is 4.31 Å². The van der Waals surface area contributed by atoms with Gasteiger partial charge in [-0.15, -0.1) is 0 Å². The number of nitrogens with one attached hydrogen (secondary N) is 1. The standard InChI is InChI=1S/C26H28N2O5S/c1-4-32-21-13-11-20(12-14-21)19(3)27-26(29)25-17-28(23-7-5-6-8-24(23)33-25)34(30,31)22-15-9-18(2)10-16-22/h5-16,19,25H,4,17H2,1-3H3,(H,27,29)/t19-,25-/m1/s1. The van der Waals surface area contributed by atoms with E-state index in [9.17, 15) is 13.2 Å². The molecule has 7 nitrogen and oxygen atoms in total. The Bertz CT molecular complexity index is 1260. The molecule has 2 atom stereocenters. The van der Waals surface area contributed by atoms with Crippen molar-refractivity contribution in [1.82, 2.24) is 5.32 Å². The Morgan fingerprint density at radius 3 is 2.44 bits per heavy atom. The van der Waals surface area contributed by atoms with E-state index in [0.29, 0.717) is 18.0 Å². The van der Waals surface area contributed by atoms with Crippen LogP contribution in [0.1, 0.15) is 31.0 Å². The fourth-order valence-electron chi connectivity index (χ4n) is 3.81. The van der Waals surface area contributed by atoms with Gasteiger partial charge in [0, 0.05) is 0 Å². The van der Waals surface area contributed by atoms with Gasteiger partial charge in [0.1, 0.15) is 11.5 Å². The molecule has 1 N–H and O–H groups in total. The first kappa shape index (κ1) is 23.6. The summed E-state index contributed by atoms with van der Waals surface area (Å²) in [5.41, 5.74) is 2.27. The summed E-state index contributed by atoms with van der Waals surface area (Å²) in [5.74, 6) is 0.715. The van der Waals surface area contributed by atoms with Crippen molar-refractivity contribution in [3.8, 4) is 11.5 Å². The molecule has 3 aromatic rings. The molecular weight excluding hydrogens is 452 g/mol. The van der Waals surface area contributed by atoms with Crippen LogP contribution in [0.5, 0.6) is 11.5 Å². The SMILES string of the molecule is CCOc1ccc([C@@H](C)NC(=O)[C@H]2CN(S(=O)(=O)c3ccc(C)cc3)c3ccccc3O2)cc1. The lowest BCUT2D eigenvalue weighted by atomic mass is 10.1. The largest absolute Gasteiger partial charge is 0.494 e. The van der Waals surface area contributed by atoms with Gasteiger partial charge in [-0.25, -0.2) is 8.42 Å². The monoisotopic (exact) mass is 480 g/mol. The molecule has 0 fully saturated rings. The lowest BCUT2D eigenvalue weighted by molar-refractivity contribution is -0.128. The van der Waals surface area contributed by atoms with Gasteiger partial charge in [0.05, 0.1) is 29.8 Å². The second kappa shape index (κ2) is 9.77. The van der Waals surface area contributed by atoms with Gasteiger partial charge in [0.2, 0.25) is 0 Å². The molecule has 3 aromatic carbocycles. The van der Waals surface area contributed by atoms with Crippen LogP contribution in [-0.2, 0) is 14.8 Å². The molecule has 1 aliphatic rings. The van der Waals surface area contributed by atoms with E-state index in [2.05, 4.69) is 5.32 Å². The van der Waals surface area contributed by atoms with Crippen molar-refractivity contribution in [3.05, 3.63) is 83.9 Å². The number of hydrogen-bond donors (Lipinski definition) is 1. The fourth-order valence-corrected chi connectivity index (χ4v) is 5.29. The van der Waals surface area contributed by atoms with Crippen molar-refractivity contribution < 1.29 is 22.7 Å². The number of fused-ring (bicyclic) bond motifs is 1. The van der Waals surface area contributed by atoms with Gasteiger partial charge in [-0.05, 0) is 62.7 Å². The van der Waals surface area contributed by atoms with Crippen LogP contribution < -0.4 is 19.1 Å². The van der Waals surface area contributed by atoms with Crippen LogP contribution in [-0.4, -0.2) is 33.6 Å². The summed E-state index contributed by atoms with van der Waals surface area (Å²) < 4.78 is 39.6. The average molecular weight is 481 g/mol. The molecule has 0 bridgehead atoms. The van der Waals surface area contributed by atoms with E-state index in [-0.39, 0.29) is 23.4 Å². The quantitative estimate of drug-likeness (QED) is 0.547. The predicted octanol–water partition coefficient (Wildman–Crippen LogP) is 4.23. The van der Waals surface area contributed by atoms with Crippen molar-refractivity contribution in [2.24, 2.45) is 0 Å². The maximum Gasteiger partial charge on any atom is 0.264 e. The summed E-state index contributed by atoms with van der Waals surface area (Å²) in [7, 11) is -3.89.